The molecule has 0 bridgehead atoms. The summed E-state index contributed by atoms with van der Waals surface area (Å²) >= 11 is 3.72. The minimum Gasteiger partial charge on any atom is -0.593 e. The summed E-state index contributed by atoms with van der Waals surface area (Å²) in [7, 11) is 1.41. The van der Waals surface area contributed by atoms with Crippen molar-refractivity contribution in [2.75, 3.05) is 25.3 Å². The van der Waals surface area contributed by atoms with Crippen LogP contribution in [-0.4, -0.2) is 75.7 Å². The van der Waals surface area contributed by atoms with E-state index >= 15 is 0 Å². The highest BCUT2D eigenvalue weighted by molar-refractivity contribution is 8.01. The van der Waals surface area contributed by atoms with Gasteiger partial charge in [0.15, 0.2) is 0 Å². The standard InChI is InChI=1S/C25H30N6O7S3/c1-25(2,3)15-7-8-16(31(37)29-15)40-10-13-11-41-22-18(21(33)30(22)19(13)23(34)35)27-20(32)17(14-6-5-9-39-14)28-24(36)26-12-38-4/h5-9,17-18,22H,10-12H2,1-4H3,(H,27,32)(H,34,35)(H2,26,28,36)/t17?,18-,22?/m1/s1. The van der Waals surface area contributed by atoms with Crippen LogP contribution in [-0.2, 0) is 24.5 Å². The Balaban J connectivity index is 1.46. The summed E-state index contributed by atoms with van der Waals surface area (Å²) < 4.78 is 4.82. The number of carbonyl (C=O) groups is 4. The van der Waals surface area contributed by atoms with Crippen LogP contribution >= 0.6 is 34.9 Å². The zero-order chi connectivity index (χ0) is 29.9. The minimum atomic E-state index is -1.27. The van der Waals surface area contributed by atoms with E-state index in [9.17, 15) is 29.5 Å². The molecule has 2 aliphatic rings. The van der Waals surface area contributed by atoms with E-state index in [1.165, 1.54) is 35.1 Å². The zero-order valence-electron chi connectivity index (χ0n) is 22.7. The number of fused-ring (bicyclic) bond motifs is 1. The minimum absolute atomic E-state index is 0.0577. The molecule has 1 saturated heterocycles. The van der Waals surface area contributed by atoms with Crippen LogP contribution in [0.15, 0.2) is 45.9 Å². The van der Waals surface area contributed by atoms with Gasteiger partial charge in [0.1, 0.15) is 35.6 Å². The fraction of sp³-hybridized carbons (Fsp3) is 0.440. The third kappa shape index (κ3) is 6.77. The summed E-state index contributed by atoms with van der Waals surface area (Å²) in [6, 6.07) is 4.16. The maximum Gasteiger partial charge on any atom is 0.352 e. The molecule has 4 heterocycles. The number of ether oxygens (including phenoxy) is 1. The Morgan fingerprint density at radius 2 is 2.07 bits per heavy atom. The van der Waals surface area contributed by atoms with E-state index in [-0.39, 0.29) is 29.3 Å². The third-order valence-corrected chi connectivity index (χ3v) is 9.58. The van der Waals surface area contributed by atoms with Gasteiger partial charge in [-0.15, -0.1) is 23.1 Å². The Morgan fingerprint density at radius 3 is 2.68 bits per heavy atom. The van der Waals surface area contributed by atoms with Crippen molar-refractivity contribution in [3.63, 3.8) is 0 Å². The Labute approximate surface area is 248 Å². The van der Waals surface area contributed by atoms with Gasteiger partial charge >= 0.3 is 12.0 Å². The number of β-lactam (4-membered cyclic amide) rings is 1. The lowest BCUT2D eigenvalue weighted by Crippen LogP contribution is -2.71. The zero-order valence-corrected chi connectivity index (χ0v) is 25.2. The van der Waals surface area contributed by atoms with Crippen LogP contribution in [0.5, 0.6) is 0 Å². The average Bonchev–Trinajstić information content (AvgIpc) is 3.46. The molecule has 0 aliphatic carbocycles. The molecule has 16 heteroatoms. The summed E-state index contributed by atoms with van der Waals surface area (Å²) in [4.78, 5) is 53.0. The molecule has 2 unspecified atom stereocenters. The number of carboxylic acid groups (broad SMARTS) is 1. The van der Waals surface area contributed by atoms with Gasteiger partial charge in [-0.1, -0.05) is 26.8 Å². The van der Waals surface area contributed by atoms with Gasteiger partial charge in [0, 0.05) is 40.1 Å². The van der Waals surface area contributed by atoms with E-state index in [2.05, 4.69) is 21.0 Å². The first kappa shape index (κ1) is 30.6. The molecule has 4 rings (SSSR count). The van der Waals surface area contributed by atoms with Crippen molar-refractivity contribution in [1.29, 1.82) is 0 Å². The second-order valence-corrected chi connectivity index (χ2v) is 13.2. The molecule has 2 aromatic rings. The first-order chi connectivity index (χ1) is 19.4. The molecular weight excluding hydrogens is 593 g/mol. The number of nitrogens with one attached hydrogen (secondary N) is 3. The van der Waals surface area contributed by atoms with Gasteiger partial charge in [0.25, 0.3) is 10.9 Å². The van der Waals surface area contributed by atoms with Gasteiger partial charge in [0.05, 0.1) is 0 Å². The van der Waals surface area contributed by atoms with Gasteiger partial charge < -0.3 is 31.0 Å². The normalized spacial score (nSPS) is 19.2. The molecule has 4 N–H and O–H groups in total. The number of methoxy groups -OCH3 is 1. The molecule has 0 aromatic carbocycles. The summed E-state index contributed by atoms with van der Waals surface area (Å²) in [5, 5.41) is 35.7. The van der Waals surface area contributed by atoms with Gasteiger partial charge in [-0.25, -0.2) is 9.59 Å². The number of carboxylic acids is 1. The molecule has 2 aromatic heterocycles. The topological polar surface area (TPSA) is 177 Å². The van der Waals surface area contributed by atoms with Crippen molar-refractivity contribution < 1.29 is 33.9 Å². The molecule has 13 nitrogen and oxygen atoms in total. The number of thiophene rings is 1. The number of amides is 4. The molecule has 220 valence electrons. The summed E-state index contributed by atoms with van der Waals surface area (Å²) in [5.74, 6) is -1.99. The lowest BCUT2D eigenvalue weighted by atomic mass is 9.92. The second kappa shape index (κ2) is 12.7. The molecule has 0 saturated carbocycles. The molecule has 0 spiro atoms. The predicted molar refractivity (Wildman–Crippen MR) is 153 cm³/mol. The molecular formula is C25H30N6O7S3. The Hall–Kier alpha value is -3.34. The highest BCUT2D eigenvalue weighted by atomic mass is 32.2. The van der Waals surface area contributed by atoms with Crippen LogP contribution < -0.4 is 20.8 Å². The molecule has 4 amide bonds. The maximum absolute atomic E-state index is 13.2. The van der Waals surface area contributed by atoms with Crippen molar-refractivity contribution in [3.8, 4) is 0 Å². The van der Waals surface area contributed by atoms with E-state index in [0.29, 0.717) is 26.0 Å². The van der Waals surface area contributed by atoms with Crippen LogP contribution in [0, 0.1) is 5.21 Å². The number of hydrogen-bond acceptors (Lipinski definition) is 10. The fourth-order valence-corrected chi connectivity index (χ4v) is 7.26. The SMILES string of the molecule is COCNC(=O)NC(C(=O)N[C@@H]1C(=O)N2C(C(=O)O)=C(CSc3ccc(C(C)(C)C)n[n+]3[O-])CSC12)c1cccs1. The highest BCUT2D eigenvalue weighted by Crippen LogP contribution is 2.41. The van der Waals surface area contributed by atoms with Crippen LogP contribution in [0.4, 0.5) is 4.79 Å². The van der Waals surface area contributed by atoms with E-state index in [4.69, 9.17) is 4.74 Å². The number of aliphatic carboxylic acids is 1. The van der Waals surface area contributed by atoms with Crippen LogP contribution in [0.1, 0.15) is 37.4 Å². The first-order valence-electron chi connectivity index (χ1n) is 12.4. The van der Waals surface area contributed by atoms with Crippen LogP contribution in [0.25, 0.3) is 0 Å². The lowest BCUT2D eigenvalue weighted by molar-refractivity contribution is -0.707. The third-order valence-electron chi connectivity index (χ3n) is 6.22. The quantitative estimate of drug-likeness (QED) is 0.1000. The van der Waals surface area contributed by atoms with E-state index in [1.807, 2.05) is 20.8 Å². The van der Waals surface area contributed by atoms with Crippen molar-refractivity contribution in [2.45, 2.75) is 48.7 Å². The summed E-state index contributed by atoms with van der Waals surface area (Å²) in [6.07, 6.45) is 0. The van der Waals surface area contributed by atoms with Crippen LogP contribution in [0.3, 0.4) is 0 Å². The summed E-state index contributed by atoms with van der Waals surface area (Å²) in [5.41, 5.74) is 0.656. The Bertz CT molecular complexity index is 1360. The van der Waals surface area contributed by atoms with Crippen molar-refractivity contribution >= 4 is 58.7 Å². The lowest BCUT2D eigenvalue weighted by Gasteiger charge is -2.49. The molecule has 2 aliphatic heterocycles. The number of hydrogen-bond donors (Lipinski definition) is 4. The summed E-state index contributed by atoms with van der Waals surface area (Å²) in [6.45, 7) is 5.78. The Morgan fingerprint density at radius 1 is 1.32 bits per heavy atom. The second-order valence-electron chi connectivity index (χ2n) is 10.2. The molecule has 41 heavy (non-hydrogen) atoms. The largest absolute Gasteiger partial charge is 0.593 e. The van der Waals surface area contributed by atoms with Gasteiger partial charge in [0.2, 0.25) is 5.91 Å². The van der Waals surface area contributed by atoms with Crippen molar-refractivity contribution in [2.24, 2.45) is 0 Å². The number of rotatable bonds is 10. The van der Waals surface area contributed by atoms with Gasteiger partial charge in [-0.2, -0.15) is 0 Å². The number of carbonyl (C=O) groups excluding carboxylic acids is 3. The van der Waals surface area contributed by atoms with Crippen molar-refractivity contribution in [1.82, 2.24) is 25.9 Å². The van der Waals surface area contributed by atoms with Gasteiger partial charge in [-0.3, -0.25) is 14.5 Å². The van der Waals surface area contributed by atoms with Crippen LogP contribution in [0.2, 0.25) is 0 Å². The first-order valence-corrected chi connectivity index (χ1v) is 15.3. The average molecular weight is 623 g/mol. The highest BCUT2D eigenvalue weighted by Gasteiger charge is 2.54. The van der Waals surface area contributed by atoms with E-state index in [1.54, 1.807) is 29.6 Å². The fourth-order valence-electron chi connectivity index (χ4n) is 4.13. The van der Waals surface area contributed by atoms with E-state index in [0.717, 1.165) is 11.8 Å². The van der Waals surface area contributed by atoms with Crippen molar-refractivity contribution in [3.05, 3.63) is 56.7 Å². The number of thioether (sulfide) groups is 2. The number of urea groups is 1. The molecule has 0 radical (unpaired) electrons. The van der Waals surface area contributed by atoms with E-state index < -0.39 is 41.3 Å². The smallest absolute Gasteiger partial charge is 0.352 e. The van der Waals surface area contributed by atoms with Gasteiger partial charge in [-0.05, 0) is 39.7 Å². The molecule has 3 atom stereocenters. The maximum atomic E-state index is 13.2. The predicted octanol–water partition coefficient (Wildman–Crippen LogP) is 1.55. The number of aromatic nitrogens is 2. The number of nitrogens with zero attached hydrogens (tertiary/aromatic N) is 3. The molecule has 1 fully saturated rings. The monoisotopic (exact) mass is 622 g/mol. The Kier molecular flexibility index (Phi) is 9.46.